The third-order valence-electron chi connectivity index (χ3n) is 11.1. The fourth-order valence-corrected chi connectivity index (χ4v) is 8.83. The van der Waals surface area contributed by atoms with Crippen LogP contribution in [-0.2, 0) is 29.7 Å². The molecule has 1 aliphatic carbocycles. The highest BCUT2D eigenvalue weighted by molar-refractivity contribution is 5.91. The Labute approximate surface area is 267 Å². The summed E-state index contributed by atoms with van der Waals surface area (Å²) in [6.07, 6.45) is 4.33. The Hall–Kier alpha value is -3.69. The minimum Gasteiger partial charge on any atom is -0.461 e. The number of carbonyl (C=O) groups excluding carboxylic acids is 1. The van der Waals surface area contributed by atoms with Gasteiger partial charge in [0, 0.05) is 51.1 Å². The van der Waals surface area contributed by atoms with Crippen molar-refractivity contribution >= 4 is 11.7 Å². The Balaban J connectivity index is 1.26. The minimum absolute atomic E-state index is 0.0142. The van der Waals surface area contributed by atoms with Crippen molar-refractivity contribution in [2.45, 2.75) is 74.8 Å². The molecule has 0 bridgehead atoms. The van der Waals surface area contributed by atoms with Gasteiger partial charge in [0.25, 0.3) is 5.91 Å². The fourth-order valence-electron chi connectivity index (χ4n) is 8.83. The van der Waals surface area contributed by atoms with E-state index in [9.17, 15) is 13.6 Å². The average Bonchev–Trinajstić information content (AvgIpc) is 3.56. The Morgan fingerprint density at radius 1 is 1.17 bits per heavy atom. The Bertz CT molecular complexity index is 1600. The lowest BCUT2D eigenvalue weighted by atomic mass is 9.70. The second-order valence-corrected chi connectivity index (χ2v) is 13.6. The van der Waals surface area contributed by atoms with Crippen LogP contribution in [0.3, 0.4) is 0 Å². The molecule has 244 valence electrons. The van der Waals surface area contributed by atoms with E-state index in [1.807, 2.05) is 11.0 Å². The van der Waals surface area contributed by atoms with Crippen molar-refractivity contribution in [1.82, 2.24) is 24.7 Å². The lowest BCUT2D eigenvalue weighted by Crippen LogP contribution is -2.57. The number of likely N-dealkylation sites (N-methyl/N-ethyl adjacent to an activating group) is 1. The number of hydrogen-bond acceptors (Lipinski definition) is 7. The van der Waals surface area contributed by atoms with Gasteiger partial charge >= 0.3 is 6.01 Å². The molecule has 7 rings (SSSR count). The molecule has 5 aliphatic rings. The van der Waals surface area contributed by atoms with Gasteiger partial charge in [-0.3, -0.25) is 14.6 Å². The van der Waals surface area contributed by atoms with E-state index in [2.05, 4.69) is 28.3 Å². The van der Waals surface area contributed by atoms with Crippen LogP contribution in [0.1, 0.15) is 54.5 Å². The van der Waals surface area contributed by atoms with Crippen molar-refractivity contribution in [1.29, 1.82) is 0 Å². The summed E-state index contributed by atoms with van der Waals surface area (Å²) in [7, 11) is 2.06. The summed E-state index contributed by atoms with van der Waals surface area (Å²) in [5.41, 5.74) is 2.68. The Morgan fingerprint density at radius 2 is 2.02 bits per heavy atom. The highest BCUT2D eigenvalue weighted by Crippen LogP contribution is 2.48. The lowest BCUT2D eigenvalue weighted by Gasteiger charge is -2.50. The van der Waals surface area contributed by atoms with Crippen LogP contribution in [0, 0.1) is 12.4 Å². The number of nitrogens with zero attached hydrogens (tertiary/aromatic N) is 7. The number of anilines is 1. The van der Waals surface area contributed by atoms with Crippen LogP contribution in [0.5, 0.6) is 6.01 Å². The largest absolute Gasteiger partial charge is 0.461 e. The highest BCUT2D eigenvalue weighted by atomic mass is 19.1. The van der Waals surface area contributed by atoms with Crippen molar-refractivity contribution in [3.63, 3.8) is 0 Å². The van der Waals surface area contributed by atoms with Crippen LogP contribution in [-0.4, -0.2) is 101 Å². The summed E-state index contributed by atoms with van der Waals surface area (Å²) in [5, 5.41) is 0. The molecule has 4 atom stereocenters. The molecule has 4 aliphatic heterocycles. The summed E-state index contributed by atoms with van der Waals surface area (Å²) in [4.78, 5) is 34.0. The molecule has 1 amide bonds. The number of halogens is 3. The lowest BCUT2D eigenvalue weighted by molar-refractivity contribution is -0.131. The van der Waals surface area contributed by atoms with E-state index in [4.69, 9.17) is 21.3 Å². The predicted octanol–water partition coefficient (Wildman–Crippen LogP) is 4.21. The number of amides is 1. The topological polar surface area (TPSA) is 69.4 Å². The van der Waals surface area contributed by atoms with E-state index in [1.165, 1.54) is 11.0 Å². The summed E-state index contributed by atoms with van der Waals surface area (Å²) >= 11 is 0. The molecule has 1 aromatic heterocycles. The van der Waals surface area contributed by atoms with Gasteiger partial charge in [0.1, 0.15) is 30.5 Å². The van der Waals surface area contributed by atoms with Crippen molar-refractivity contribution in [2.24, 2.45) is 0 Å². The molecule has 0 unspecified atom stereocenters. The van der Waals surface area contributed by atoms with E-state index in [0.29, 0.717) is 44.7 Å². The van der Waals surface area contributed by atoms with E-state index >= 15 is 4.39 Å². The maximum absolute atomic E-state index is 15.0. The third-order valence-corrected chi connectivity index (χ3v) is 11.1. The quantitative estimate of drug-likeness (QED) is 0.348. The maximum atomic E-state index is 15.0. The number of ether oxygens (including phenoxy) is 1. The Morgan fingerprint density at radius 3 is 2.83 bits per heavy atom. The average molecular weight is 636 g/mol. The molecule has 3 fully saturated rings. The molecule has 12 heteroatoms. The number of piperazine rings is 1. The van der Waals surface area contributed by atoms with E-state index in [0.717, 1.165) is 54.6 Å². The first-order valence-corrected chi connectivity index (χ1v) is 16.3. The van der Waals surface area contributed by atoms with Gasteiger partial charge in [0.15, 0.2) is 5.83 Å². The van der Waals surface area contributed by atoms with Crippen LogP contribution >= 0.6 is 0 Å². The molecule has 0 saturated carbocycles. The monoisotopic (exact) mass is 635 g/mol. The first kappa shape index (κ1) is 30.9. The first-order valence-electron chi connectivity index (χ1n) is 16.3. The van der Waals surface area contributed by atoms with Crippen molar-refractivity contribution < 1.29 is 22.7 Å². The summed E-state index contributed by atoms with van der Waals surface area (Å²) in [6.45, 7) is 13.6. The van der Waals surface area contributed by atoms with Crippen molar-refractivity contribution in [2.75, 3.05) is 57.8 Å². The predicted molar refractivity (Wildman–Crippen MR) is 166 cm³/mol. The van der Waals surface area contributed by atoms with Gasteiger partial charge in [-0.1, -0.05) is 18.7 Å². The molecular weight excluding hydrogens is 595 g/mol. The number of fused-ring (bicyclic) bond motifs is 4. The first-order chi connectivity index (χ1) is 22.1. The number of rotatable bonds is 6. The molecule has 9 nitrogen and oxygen atoms in total. The highest BCUT2D eigenvalue weighted by Gasteiger charge is 2.50. The standard InChI is InChI=1S/C34H40F3N7O2/c1-22(35)31(45)44-14-13-42(19-24(44)17-38-2)30-26-20-41(3)34(11-5-7-25-27(34)8-4-9-28(25)37)16-29(26)39-32(40-30)46-21-33-10-6-12-43(33)18-23(36)15-33/h4,8-9,23-24H,1,5-7,10-21H2,3H3/t23-,24+,33+,34+/m1/s1. The zero-order chi connectivity index (χ0) is 32.2. The maximum Gasteiger partial charge on any atom is 0.318 e. The summed E-state index contributed by atoms with van der Waals surface area (Å²) in [5.74, 6) is -1.36. The molecule has 1 aromatic carbocycles. The zero-order valence-corrected chi connectivity index (χ0v) is 26.3. The number of alkyl halides is 1. The molecule has 3 saturated heterocycles. The van der Waals surface area contributed by atoms with E-state index in [1.54, 1.807) is 6.07 Å². The summed E-state index contributed by atoms with van der Waals surface area (Å²) < 4.78 is 49.9. The summed E-state index contributed by atoms with van der Waals surface area (Å²) in [6, 6.07) is 5.00. The fraction of sp³-hybridized carbons (Fsp3) is 0.588. The van der Waals surface area contributed by atoms with Crippen LogP contribution in [0.15, 0.2) is 30.6 Å². The molecule has 1 spiro atoms. The molecule has 46 heavy (non-hydrogen) atoms. The molecule has 0 radical (unpaired) electrons. The van der Waals surface area contributed by atoms with Crippen LogP contribution < -0.4 is 9.64 Å². The van der Waals surface area contributed by atoms with Gasteiger partial charge in [-0.2, -0.15) is 9.97 Å². The van der Waals surface area contributed by atoms with Gasteiger partial charge < -0.3 is 19.4 Å². The molecule has 2 aromatic rings. The zero-order valence-electron chi connectivity index (χ0n) is 26.3. The second kappa shape index (κ2) is 11.8. The smallest absolute Gasteiger partial charge is 0.318 e. The second-order valence-electron chi connectivity index (χ2n) is 13.6. The van der Waals surface area contributed by atoms with E-state index in [-0.39, 0.29) is 43.6 Å². The molecular formula is C34H40F3N7O2. The van der Waals surface area contributed by atoms with Crippen LogP contribution in [0.2, 0.25) is 0 Å². The third kappa shape index (κ3) is 5.12. The van der Waals surface area contributed by atoms with Gasteiger partial charge in [-0.25, -0.2) is 19.7 Å². The van der Waals surface area contributed by atoms with Crippen LogP contribution in [0.25, 0.3) is 4.85 Å². The Kier molecular flexibility index (Phi) is 7.96. The number of aromatic nitrogens is 2. The SMILES string of the molecule is [C-]#[N+]C[C@H]1CN(c2nc(OC[C@@]34CCCN3C[C@H](F)C4)nc3c2CN(C)[C@@]2(CCCc4c(F)cccc42)C3)CCN1C(=O)C(=C)F. The van der Waals surface area contributed by atoms with Crippen LogP contribution in [0.4, 0.5) is 19.0 Å². The molecule has 0 N–H and O–H groups in total. The van der Waals surface area contributed by atoms with Gasteiger partial charge in [0.05, 0.1) is 16.8 Å². The number of carbonyl (C=O) groups is 1. The van der Waals surface area contributed by atoms with Gasteiger partial charge in [-0.15, -0.1) is 0 Å². The van der Waals surface area contributed by atoms with E-state index < -0.39 is 29.5 Å². The van der Waals surface area contributed by atoms with Crippen molar-refractivity contribution in [3.05, 3.63) is 70.2 Å². The number of benzene rings is 1. The van der Waals surface area contributed by atoms with Gasteiger partial charge in [0.2, 0.25) is 6.54 Å². The van der Waals surface area contributed by atoms with Gasteiger partial charge in [-0.05, 0) is 62.9 Å². The molecule has 5 heterocycles. The normalized spacial score (nSPS) is 29.3. The van der Waals surface area contributed by atoms with Crippen molar-refractivity contribution in [3.8, 4) is 6.01 Å². The number of hydrogen-bond donors (Lipinski definition) is 0. The minimum atomic E-state index is -1.04.